The van der Waals surface area contributed by atoms with Crippen LogP contribution in [0.3, 0.4) is 0 Å². The monoisotopic (exact) mass is 349 g/mol. The number of piperazine rings is 1. The summed E-state index contributed by atoms with van der Waals surface area (Å²) in [5, 5.41) is 0. The molecular weight excluding hydrogens is 310 g/mol. The molecule has 0 aromatic heterocycles. The van der Waals surface area contributed by atoms with Gasteiger partial charge in [0, 0.05) is 51.7 Å². The van der Waals surface area contributed by atoms with E-state index in [0.29, 0.717) is 11.8 Å². The van der Waals surface area contributed by atoms with Gasteiger partial charge in [-0.2, -0.15) is 0 Å². The molecule has 0 radical (unpaired) electrons. The van der Waals surface area contributed by atoms with E-state index >= 15 is 0 Å². The predicted molar refractivity (Wildman–Crippen MR) is 104 cm³/mol. The van der Waals surface area contributed by atoms with Gasteiger partial charge in [-0.15, -0.1) is 0 Å². The number of rotatable bonds is 5. The zero-order valence-electron chi connectivity index (χ0n) is 16.6. The van der Waals surface area contributed by atoms with Crippen LogP contribution in [0.4, 0.5) is 0 Å². The molecule has 3 rings (SSSR count). The molecule has 0 aromatic rings. The van der Waals surface area contributed by atoms with Gasteiger partial charge in [-0.1, -0.05) is 20.3 Å². The fraction of sp³-hybridized carbons (Fsp3) is 0.952. The average Bonchev–Trinajstić information content (AvgIpc) is 2.69. The van der Waals surface area contributed by atoms with Crippen LogP contribution in [0.5, 0.6) is 0 Å². The number of nitrogens with zero attached hydrogens (tertiary/aromatic N) is 3. The second-order valence-corrected chi connectivity index (χ2v) is 8.63. The summed E-state index contributed by atoms with van der Waals surface area (Å²) in [7, 11) is 0. The number of likely N-dealkylation sites (N-methyl/N-ethyl adjacent to an activating group) is 1. The van der Waals surface area contributed by atoms with E-state index in [1.165, 1.54) is 71.4 Å². The first-order valence-corrected chi connectivity index (χ1v) is 10.9. The first-order chi connectivity index (χ1) is 12.2. The lowest BCUT2D eigenvalue weighted by atomic mass is 9.80. The van der Waals surface area contributed by atoms with E-state index < -0.39 is 0 Å². The minimum absolute atomic E-state index is 0.335. The van der Waals surface area contributed by atoms with Gasteiger partial charge in [0.2, 0.25) is 5.91 Å². The maximum Gasteiger partial charge on any atom is 0.225 e. The highest BCUT2D eigenvalue weighted by molar-refractivity contribution is 5.79. The summed E-state index contributed by atoms with van der Waals surface area (Å²) in [6, 6.07) is 0. The van der Waals surface area contributed by atoms with E-state index in [1.54, 1.807) is 0 Å². The van der Waals surface area contributed by atoms with Crippen LogP contribution in [0.1, 0.15) is 58.8 Å². The summed E-state index contributed by atoms with van der Waals surface area (Å²) >= 11 is 0. The first-order valence-electron chi connectivity index (χ1n) is 10.9. The summed E-state index contributed by atoms with van der Waals surface area (Å²) in [4.78, 5) is 20.2. The van der Waals surface area contributed by atoms with Gasteiger partial charge in [-0.25, -0.2) is 0 Å². The molecule has 0 bridgehead atoms. The number of amides is 1. The molecule has 0 N–H and O–H groups in total. The normalized spacial score (nSPS) is 30.6. The van der Waals surface area contributed by atoms with Gasteiger partial charge in [0.15, 0.2) is 0 Å². The van der Waals surface area contributed by atoms with Crippen LogP contribution >= 0.6 is 0 Å². The van der Waals surface area contributed by atoms with Crippen molar-refractivity contribution in [2.45, 2.75) is 58.8 Å². The standard InChI is InChI=1S/C21H39N3O/c1-3-18-5-7-20(8-6-18)21(25)24-11-9-19(10-12-24)17-23-15-13-22(4-2)14-16-23/h18-20H,3-17H2,1-2H3. The Kier molecular flexibility index (Phi) is 7.18. The second-order valence-electron chi connectivity index (χ2n) is 8.63. The van der Waals surface area contributed by atoms with Crippen LogP contribution in [0.25, 0.3) is 0 Å². The molecule has 0 atom stereocenters. The van der Waals surface area contributed by atoms with Crippen molar-refractivity contribution in [3.8, 4) is 0 Å². The molecule has 1 saturated carbocycles. The molecule has 25 heavy (non-hydrogen) atoms. The van der Waals surface area contributed by atoms with E-state index in [1.807, 2.05) is 0 Å². The van der Waals surface area contributed by atoms with Crippen LogP contribution in [-0.2, 0) is 4.79 Å². The van der Waals surface area contributed by atoms with E-state index in [-0.39, 0.29) is 0 Å². The van der Waals surface area contributed by atoms with Crippen LogP contribution in [0, 0.1) is 17.8 Å². The molecule has 2 heterocycles. The molecule has 0 aromatic carbocycles. The smallest absolute Gasteiger partial charge is 0.225 e. The average molecular weight is 350 g/mol. The number of hydrogen-bond acceptors (Lipinski definition) is 3. The van der Waals surface area contributed by atoms with Crippen molar-refractivity contribution in [2.75, 3.05) is 52.4 Å². The van der Waals surface area contributed by atoms with E-state index in [2.05, 4.69) is 28.5 Å². The number of carbonyl (C=O) groups excluding carboxylic acids is 1. The maximum atomic E-state index is 12.8. The van der Waals surface area contributed by atoms with Crippen LogP contribution in [0.15, 0.2) is 0 Å². The Bertz CT molecular complexity index is 403. The summed E-state index contributed by atoms with van der Waals surface area (Å²) in [5.41, 5.74) is 0. The third-order valence-corrected chi connectivity index (χ3v) is 7.13. The van der Waals surface area contributed by atoms with Crippen molar-refractivity contribution >= 4 is 5.91 Å². The zero-order valence-corrected chi connectivity index (χ0v) is 16.6. The molecule has 144 valence electrons. The number of likely N-dealkylation sites (tertiary alicyclic amines) is 1. The SMILES string of the molecule is CCC1CCC(C(=O)N2CCC(CN3CCN(CC)CC3)CC2)CC1. The lowest BCUT2D eigenvalue weighted by molar-refractivity contribution is -0.138. The lowest BCUT2D eigenvalue weighted by Crippen LogP contribution is -2.49. The summed E-state index contributed by atoms with van der Waals surface area (Å²) < 4.78 is 0. The van der Waals surface area contributed by atoms with Gasteiger partial charge in [0.05, 0.1) is 0 Å². The van der Waals surface area contributed by atoms with E-state index in [4.69, 9.17) is 0 Å². The van der Waals surface area contributed by atoms with Gasteiger partial charge < -0.3 is 14.7 Å². The summed E-state index contributed by atoms with van der Waals surface area (Å²) in [6.07, 6.45) is 8.53. The molecule has 4 nitrogen and oxygen atoms in total. The van der Waals surface area contributed by atoms with Crippen molar-refractivity contribution in [3.05, 3.63) is 0 Å². The van der Waals surface area contributed by atoms with Crippen molar-refractivity contribution in [3.63, 3.8) is 0 Å². The molecule has 2 saturated heterocycles. The Morgan fingerprint density at radius 3 is 1.92 bits per heavy atom. The fourth-order valence-electron chi connectivity index (χ4n) is 5.07. The highest BCUT2D eigenvalue weighted by Crippen LogP contribution is 2.32. The van der Waals surface area contributed by atoms with Crippen molar-refractivity contribution in [1.29, 1.82) is 0 Å². The highest BCUT2D eigenvalue weighted by Gasteiger charge is 2.31. The summed E-state index contributed by atoms with van der Waals surface area (Å²) in [6.45, 7) is 13.9. The van der Waals surface area contributed by atoms with Gasteiger partial charge in [-0.05, 0) is 56.9 Å². The quantitative estimate of drug-likeness (QED) is 0.763. The minimum atomic E-state index is 0.335. The molecular formula is C21H39N3O. The number of carbonyl (C=O) groups is 1. The third-order valence-electron chi connectivity index (χ3n) is 7.13. The van der Waals surface area contributed by atoms with Crippen LogP contribution in [0.2, 0.25) is 0 Å². The second kappa shape index (κ2) is 9.36. The van der Waals surface area contributed by atoms with Crippen molar-refractivity contribution in [1.82, 2.24) is 14.7 Å². The van der Waals surface area contributed by atoms with Crippen LogP contribution in [-0.4, -0.2) is 73.0 Å². The molecule has 1 aliphatic carbocycles. The molecule has 2 aliphatic heterocycles. The molecule has 3 aliphatic rings. The largest absolute Gasteiger partial charge is 0.342 e. The Labute approximate surface area is 154 Å². The number of piperidine rings is 1. The Morgan fingerprint density at radius 2 is 1.36 bits per heavy atom. The highest BCUT2D eigenvalue weighted by atomic mass is 16.2. The first kappa shape index (κ1) is 19.2. The Morgan fingerprint density at radius 1 is 0.760 bits per heavy atom. The van der Waals surface area contributed by atoms with Crippen molar-refractivity contribution < 1.29 is 4.79 Å². The minimum Gasteiger partial charge on any atom is -0.342 e. The topological polar surface area (TPSA) is 26.8 Å². The third kappa shape index (κ3) is 5.19. The molecule has 0 spiro atoms. The molecule has 0 unspecified atom stereocenters. The fourth-order valence-corrected chi connectivity index (χ4v) is 5.07. The van der Waals surface area contributed by atoms with Gasteiger partial charge in [-0.3, -0.25) is 4.79 Å². The Hall–Kier alpha value is -0.610. The zero-order chi connectivity index (χ0) is 17.6. The molecule has 1 amide bonds. The van der Waals surface area contributed by atoms with E-state index in [0.717, 1.165) is 37.8 Å². The van der Waals surface area contributed by atoms with Gasteiger partial charge >= 0.3 is 0 Å². The lowest BCUT2D eigenvalue weighted by Gasteiger charge is -2.39. The summed E-state index contributed by atoms with van der Waals surface area (Å²) in [5.74, 6) is 2.49. The maximum absolute atomic E-state index is 12.8. The van der Waals surface area contributed by atoms with Crippen molar-refractivity contribution in [2.24, 2.45) is 17.8 Å². The Balaban J connectivity index is 1.36. The van der Waals surface area contributed by atoms with Gasteiger partial charge in [0.25, 0.3) is 0 Å². The molecule has 3 fully saturated rings. The molecule has 4 heteroatoms. The number of hydrogen-bond donors (Lipinski definition) is 0. The van der Waals surface area contributed by atoms with Gasteiger partial charge in [0.1, 0.15) is 0 Å². The van der Waals surface area contributed by atoms with Crippen LogP contribution < -0.4 is 0 Å². The van der Waals surface area contributed by atoms with E-state index in [9.17, 15) is 4.79 Å². The predicted octanol–water partition coefficient (Wildman–Crippen LogP) is 3.08.